The monoisotopic (exact) mass is 556 g/mol. The molecule has 1 aliphatic heterocycles. The molecular weight excluding hydrogens is 522 g/mol. The molecule has 1 aliphatic rings. The summed E-state index contributed by atoms with van der Waals surface area (Å²) in [5.74, 6) is 1.36. The van der Waals surface area contributed by atoms with Crippen molar-refractivity contribution in [3.63, 3.8) is 0 Å². The highest BCUT2D eigenvalue weighted by molar-refractivity contribution is 14.0. The van der Waals surface area contributed by atoms with E-state index in [0.717, 1.165) is 56.3 Å². The molecule has 0 atom stereocenters. The molecule has 3 rings (SSSR count). The van der Waals surface area contributed by atoms with E-state index >= 15 is 0 Å². The highest BCUT2D eigenvalue weighted by atomic mass is 127. The summed E-state index contributed by atoms with van der Waals surface area (Å²) < 4.78 is 25.1. The summed E-state index contributed by atoms with van der Waals surface area (Å²) in [6.45, 7) is 10.7. The topological polar surface area (TPSA) is 58.1 Å². The predicted molar refractivity (Wildman–Crippen MR) is 137 cm³/mol. The zero-order valence-corrected chi connectivity index (χ0v) is 21.2. The summed E-state index contributed by atoms with van der Waals surface area (Å²) in [4.78, 5) is 7.01. The van der Waals surface area contributed by atoms with Crippen molar-refractivity contribution in [1.82, 2.24) is 15.5 Å². The van der Waals surface area contributed by atoms with Crippen LogP contribution in [-0.4, -0.2) is 56.9 Å². The van der Waals surface area contributed by atoms with Crippen molar-refractivity contribution in [1.29, 1.82) is 0 Å². The van der Waals surface area contributed by atoms with Gasteiger partial charge in [0.05, 0.1) is 19.8 Å². The number of nitrogens with one attached hydrogen (secondary N) is 2. The van der Waals surface area contributed by atoms with E-state index in [9.17, 15) is 4.39 Å². The molecule has 1 saturated heterocycles. The second-order valence-corrected chi connectivity index (χ2v) is 7.58. The van der Waals surface area contributed by atoms with Gasteiger partial charge in [0.15, 0.2) is 5.96 Å². The fraction of sp³-hybridized carbons (Fsp3) is 0.458. The number of aliphatic imine (C=N–C) groups is 1. The molecular formula is C24H34FIN4O2. The van der Waals surface area contributed by atoms with Gasteiger partial charge >= 0.3 is 0 Å². The molecule has 176 valence electrons. The van der Waals surface area contributed by atoms with Gasteiger partial charge in [-0.05, 0) is 48.7 Å². The van der Waals surface area contributed by atoms with Crippen LogP contribution < -0.4 is 15.4 Å². The Morgan fingerprint density at radius 3 is 2.69 bits per heavy atom. The molecule has 0 saturated carbocycles. The zero-order chi connectivity index (χ0) is 21.9. The normalized spacial score (nSPS) is 14.5. The van der Waals surface area contributed by atoms with Gasteiger partial charge < -0.3 is 20.1 Å². The van der Waals surface area contributed by atoms with E-state index in [1.165, 1.54) is 0 Å². The van der Waals surface area contributed by atoms with Crippen LogP contribution in [0.5, 0.6) is 5.75 Å². The molecule has 1 heterocycles. The summed E-state index contributed by atoms with van der Waals surface area (Å²) in [5.41, 5.74) is 2.60. The molecule has 32 heavy (non-hydrogen) atoms. The average molecular weight is 556 g/mol. The number of hydrogen-bond donors (Lipinski definition) is 2. The maximum absolute atomic E-state index is 13.8. The Morgan fingerprint density at radius 1 is 1.12 bits per heavy atom. The first-order chi connectivity index (χ1) is 15.1. The van der Waals surface area contributed by atoms with Gasteiger partial charge in [0.1, 0.15) is 18.2 Å². The molecule has 0 spiro atoms. The standard InChI is InChI=1S/C24H33FN4O2.HI/c1-3-26-24(28-18-21-8-7-19(2)23(25)16-21)27-17-20-5-4-6-22(15-20)31-14-11-29-9-12-30-13-10-29;/h4-8,15-16H,3,9-14,17-18H2,1-2H3,(H2,26,27,28);1H. The van der Waals surface area contributed by atoms with Crippen molar-refractivity contribution in [2.45, 2.75) is 26.9 Å². The minimum Gasteiger partial charge on any atom is -0.492 e. The van der Waals surface area contributed by atoms with E-state index in [4.69, 9.17) is 9.47 Å². The minimum atomic E-state index is -0.188. The van der Waals surface area contributed by atoms with E-state index in [2.05, 4.69) is 20.5 Å². The lowest BCUT2D eigenvalue weighted by atomic mass is 10.1. The molecule has 1 fully saturated rings. The van der Waals surface area contributed by atoms with Crippen molar-refractivity contribution in [2.24, 2.45) is 4.99 Å². The average Bonchev–Trinajstić information content (AvgIpc) is 2.79. The van der Waals surface area contributed by atoms with Crippen molar-refractivity contribution < 1.29 is 13.9 Å². The number of benzene rings is 2. The van der Waals surface area contributed by atoms with E-state index in [-0.39, 0.29) is 29.8 Å². The fourth-order valence-electron chi connectivity index (χ4n) is 3.30. The van der Waals surface area contributed by atoms with Crippen molar-refractivity contribution in [2.75, 3.05) is 46.0 Å². The molecule has 0 aromatic heterocycles. The maximum Gasteiger partial charge on any atom is 0.191 e. The van der Waals surface area contributed by atoms with Gasteiger partial charge in [0.25, 0.3) is 0 Å². The van der Waals surface area contributed by atoms with E-state index < -0.39 is 0 Å². The Bertz CT molecular complexity index is 860. The second kappa shape index (κ2) is 14.3. The van der Waals surface area contributed by atoms with Crippen LogP contribution in [0.15, 0.2) is 47.5 Å². The highest BCUT2D eigenvalue weighted by Gasteiger charge is 2.09. The first-order valence-electron chi connectivity index (χ1n) is 10.9. The first-order valence-corrected chi connectivity index (χ1v) is 10.9. The van der Waals surface area contributed by atoms with Crippen molar-refractivity contribution in [3.05, 3.63) is 65.0 Å². The van der Waals surface area contributed by atoms with E-state index in [1.54, 1.807) is 19.1 Å². The number of guanidine groups is 1. The predicted octanol–water partition coefficient (Wildman–Crippen LogP) is 3.72. The molecule has 0 aliphatic carbocycles. The summed E-state index contributed by atoms with van der Waals surface area (Å²) >= 11 is 0. The fourth-order valence-corrected chi connectivity index (χ4v) is 3.30. The third kappa shape index (κ3) is 8.91. The van der Waals surface area contributed by atoms with Crippen LogP contribution >= 0.6 is 24.0 Å². The summed E-state index contributed by atoms with van der Waals surface area (Å²) in [5, 5.41) is 6.50. The van der Waals surface area contributed by atoms with Crippen LogP contribution in [0.1, 0.15) is 23.6 Å². The minimum absolute atomic E-state index is 0. The number of ether oxygens (including phenoxy) is 2. The van der Waals surface area contributed by atoms with Gasteiger partial charge in [-0.1, -0.05) is 24.3 Å². The number of nitrogens with zero attached hydrogens (tertiary/aromatic N) is 2. The summed E-state index contributed by atoms with van der Waals surface area (Å²) in [6.07, 6.45) is 0. The molecule has 2 aromatic carbocycles. The van der Waals surface area contributed by atoms with Gasteiger partial charge in [-0.15, -0.1) is 24.0 Å². The third-order valence-electron chi connectivity index (χ3n) is 5.14. The molecule has 8 heteroatoms. The highest BCUT2D eigenvalue weighted by Crippen LogP contribution is 2.14. The lowest BCUT2D eigenvalue weighted by Crippen LogP contribution is -2.38. The largest absolute Gasteiger partial charge is 0.492 e. The molecule has 0 amide bonds. The van der Waals surface area contributed by atoms with Crippen LogP contribution in [-0.2, 0) is 17.8 Å². The number of halogens is 2. The van der Waals surface area contributed by atoms with Crippen molar-refractivity contribution in [3.8, 4) is 5.75 Å². The third-order valence-corrected chi connectivity index (χ3v) is 5.14. The Labute approximate surface area is 207 Å². The molecule has 0 radical (unpaired) electrons. The summed E-state index contributed by atoms with van der Waals surface area (Å²) in [7, 11) is 0. The van der Waals surface area contributed by atoms with Crippen LogP contribution in [0.2, 0.25) is 0 Å². The lowest BCUT2D eigenvalue weighted by molar-refractivity contribution is 0.0322. The Balaban J connectivity index is 0.00000363. The van der Waals surface area contributed by atoms with Crippen LogP contribution in [0, 0.1) is 12.7 Å². The van der Waals surface area contributed by atoms with Gasteiger partial charge in [0, 0.05) is 32.7 Å². The molecule has 2 N–H and O–H groups in total. The van der Waals surface area contributed by atoms with Crippen LogP contribution in [0.4, 0.5) is 4.39 Å². The number of rotatable bonds is 9. The number of aryl methyl sites for hydroxylation is 1. The van der Waals surface area contributed by atoms with Crippen LogP contribution in [0.3, 0.4) is 0 Å². The number of morpholine rings is 1. The van der Waals surface area contributed by atoms with Gasteiger partial charge in [-0.25, -0.2) is 9.38 Å². The van der Waals surface area contributed by atoms with E-state index in [0.29, 0.717) is 31.2 Å². The first kappa shape index (κ1) is 26.3. The quantitative estimate of drug-likeness (QED) is 0.280. The summed E-state index contributed by atoms with van der Waals surface area (Å²) in [6, 6.07) is 13.3. The zero-order valence-electron chi connectivity index (χ0n) is 18.9. The Kier molecular flexibility index (Phi) is 11.8. The Morgan fingerprint density at radius 2 is 1.94 bits per heavy atom. The van der Waals surface area contributed by atoms with Gasteiger partial charge in [-0.2, -0.15) is 0 Å². The maximum atomic E-state index is 13.8. The molecule has 0 unspecified atom stereocenters. The molecule has 0 bridgehead atoms. The molecule has 6 nitrogen and oxygen atoms in total. The number of hydrogen-bond acceptors (Lipinski definition) is 4. The smallest absolute Gasteiger partial charge is 0.191 e. The Hall–Kier alpha value is -1.91. The second-order valence-electron chi connectivity index (χ2n) is 7.58. The van der Waals surface area contributed by atoms with Crippen LogP contribution in [0.25, 0.3) is 0 Å². The lowest BCUT2D eigenvalue weighted by Gasteiger charge is -2.26. The SMILES string of the molecule is CCNC(=NCc1cccc(OCCN2CCOCC2)c1)NCc1ccc(C)c(F)c1.I. The van der Waals surface area contributed by atoms with E-state index in [1.807, 2.05) is 37.3 Å². The van der Waals surface area contributed by atoms with Crippen molar-refractivity contribution >= 4 is 29.9 Å². The van der Waals surface area contributed by atoms with Gasteiger partial charge in [0.2, 0.25) is 0 Å². The molecule has 2 aromatic rings. The van der Waals surface area contributed by atoms with Gasteiger partial charge in [-0.3, -0.25) is 4.90 Å².